The molecular weight excluding hydrogens is 268 g/mol. The number of aromatic amines is 1. The summed E-state index contributed by atoms with van der Waals surface area (Å²) in [5, 5.41) is 6.95. The maximum Gasteiger partial charge on any atom is 0.224 e. The number of hydrogen-bond acceptors (Lipinski definition) is 4. The average Bonchev–Trinajstić information content (AvgIpc) is 3.08. The summed E-state index contributed by atoms with van der Waals surface area (Å²) < 4.78 is 5.53. The van der Waals surface area contributed by atoms with Gasteiger partial charge in [-0.1, -0.05) is 6.42 Å². The lowest BCUT2D eigenvalue weighted by Gasteiger charge is -2.35. The van der Waals surface area contributed by atoms with E-state index in [0.717, 1.165) is 25.3 Å². The first-order chi connectivity index (χ1) is 10.3. The van der Waals surface area contributed by atoms with Crippen LogP contribution in [0.1, 0.15) is 37.4 Å². The number of carbonyl (C=O) groups is 1. The van der Waals surface area contributed by atoms with E-state index in [1.54, 1.807) is 6.20 Å². The van der Waals surface area contributed by atoms with Crippen LogP contribution in [0.2, 0.25) is 0 Å². The zero-order chi connectivity index (χ0) is 14.5. The van der Waals surface area contributed by atoms with Crippen molar-refractivity contribution in [3.05, 3.63) is 18.0 Å². The third kappa shape index (κ3) is 3.63. The van der Waals surface area contributed by atoms with Crippen molar-refractivity contribution in [3.63, 3.8) is 0 Å². The molecule has 6 nitrogen and oxygen atoms in total. The molecule has 1 N–H and O–H groups in total. The first-order valence-corrected chi connectivity index (χ1v) is 7.93. The fourth-order valence-corrected chi connectivity index (χ4v) is 3.19. The Morgan fingerprint density at radius 1 is 1.33 bits per heavy atom. The van der Waals surface area contributed by atoms with Gasteiger partial charge in [0.05, 0.1) is 24.9 Å². The predicted octanol–water partition coefficient (Wildman–Crippen LogP) is 1.19. The number of hydrogen-bond donors (Lipinski definition) is 1. The number of likely N-dealkylation sites (tertiary alicyclic amines) is 1. The third-order valence-electron chi connectivity index (χ3n) is 4.42. The molecule has 2 saturated heterocycles. The molecule has 1 atom stereocenters. The maximum atomic E-state index is 12.6. The van der Waals surface area contributed by atoms with Gasteiger partial charge in [0.15, 0.2) is 0 Å². The van der Waals surface area contributed by atoms with E-state index in [1.165, 1.54) is 19.3 Å². The van der Waals surface area contributed by atoms with Crippen molar-refractivity contribution in [3.8, 4) is 0 Å². The topological polar surface area (TPSA) is 61.5 Å². The molecule has 0 aromatic carbocycles. The number of rotatable bonds is 4. The number of aromatic nitrogens is 2. The standard InChI is InChI=1S/C15H24N4O2/c20-15(5-9-18-7-2-1-3-8-18)19-10-11-21-12-14(19)13-4-6-16-17-13/h4,6,14H,1-3,5,7-12H2,(H,16,17). The van der Waals surface area contributed by atoms with Crippen molar-refractivity contribution in [2.24, 2.45) is 0 Å². The number of H-pyrrole nitrogens is 1. The summed E-state index contributed by atoms with van der Waals surface area (Å²) in [5.41, 5.74) is 0.959. The smallest absolute Gasteiger partial charge is 0.224 e. The first-order valence-electron chi connectivity index (χ1n) is 7.93. The Labute approximate surface area is 125 Å². The Bertz CT molecular complexity index is 443. The van der Waals surface area contributed by atoms with E-state index in [1.807, 2.05) is 11.0 Å². The lowest BCUT2D eigenvalue weighted by Crippen LogP contribution is -2.44. The summed E-state index contributed by atoms with van der Waals surface area (Å²) in [6.07, 6.45) is 6.19. The van der Waals surface area contributed by atoms with Gasteiger partial charge in [0.1, 0.15) is 0 Å². The molecule has 0 saturated carbocycles. The molecule has 2 fully saturated rings. The van der Waals surface area contributed by atoms with Crippen LogP contribution in [0.15, 0.2) is 12.3 Å². The molecule has 21 heavy (non-hydrogen) atoms. The molecule has 6 heteroatoms. The van der Waals surface area contributed by atoms with Gasteiger partial charge in [0.25, 0.3) is 0 Å². The van der Waals surface area contributed by atoms with Crippen LogP contribution >= 0.6 is 0 Å². The second-order valence-corrected chi connectivity index (χ2v) is 5.84. The average molecular weight is 292 g/mol. The highest BCUT2D eigenvalue weighted by atomic mass is 16.5. The van der Waals surface area contributed by atoms with E-state index in [9.17, 15) is 4.79 Å². The Hall–Kier alpha value is -1.40. The molecular formula is C15H24N4O2. The molecule has 1 unspecified atom stereocenters. The van der Waals surface area contributed by atoms with Crippen LogP contribution in [0, 0.1) is 0 Å². The summed E-state index contributed by atoms with van der Waals surface area (Å²) >= 11 is 0. The van der Waals surface area contributed by atoms with E-state index in [-0.39, 0.29) is 11.9 Å². The Morgan fingerprint density at radius 2 is 2.19 bits per heavy atom. The molecule has 0 bridgehead atoms. The van der Waals surface area contributed by atoms with Crippen molar-refractivity contribution in [2.75, 3.05) is 39.4 Å². The molecule has 1 amide bonds. The number of nitrogens with one attached hydrogen (secondary N) is 1. The number of morpholine rings is 1. The van der Waals surface area contributed by atoms with Gasteiger partial charge in [-0.15, -0.1) is 0 Å². The van der Waals surface area contributed by atoms with Gasteiger partial charge in [-0.2, -0.15) is 5.10 Å². The first kappa shape index (κ1) is 14.5. The Morgan fingerprint density at radius 3 is 2.95 bits per heavy atom. The highest BCUT2D eigenvalue weighted by Gasteiger charge is 2.29. The van der Waals surface area contributed by atoms with E-state index in [2.05, 4.69) is 15.1 Å². The Balaban J connectivity index is 1.56. The van der Waals surface area contributed by atoms with Crippen LogP contribution in [0.5, 0.6) is 0 Å². The zero-order valence-electron chi connectivity index (χ0n) is 12.5. The molecule has 1 aromatic rings. The number of ether oxygens (including phenoxy) is 1. The summed E-state index contributed by atoms with van der Waals surface area (Å²) in [4.78, 5) is 16.9. The van der Waals surface area contributed by atoms with E-state index in [4.69, 9.17) is 4.74 Å². The largest absolute Gasteiger partial charge is 0.377 e. The third-order valence-corrected chi connectivity index (χ3v) is 4.42. The van der Waals surface area contributed by atoms with Crippen LogP contribution in [0.4, 0.5) is 0 Å². The zero-order valence-corrected chi connectivity index (χ0v) is 12.5. The number of piperidine rings is 1. The van der Waals surface area contributed by atoms with Gasteiger partial charge < -0.3 is 14.5 Å². The maximum absolute atomic E-state index is 12.6. The second kappa shape index (κ2) is 7.04. The fourth-order valence-electron chi connectivity index (χ4n) is 3.19. The molecule has 1 aromatic heterocycles. The number of carbonyl (C=O) groups excluding carboxylic acids is 1. The van der Waals surface area contributed by atoms with Gasteiger partial charge in [0, 0.05) is 25.7 Å². The van der Waals surface area contributed by atoms with Gasteiger partial charge in [0.2, 0.25) is 5.91 Å². The van der Waals surface area contributed by atoms with E-state index >= 15 is 0 Å². The van der Waals surface area contributed by atoms with Crippen molar-refractivity contribution in [1.82, 2.24) is 20.0 Å². The molecule has 116 valence electrons. The van der Waals surface area contributed by atoms with E-state index < -0.39 is 0 Å². The van der Waals surface area contributed by atoms with Crippen LogP contribution < -0.4 is 0 Å². The molecule has 2 aliphatic rings. The number of nitrogens with zero attached hydrogens (tertiary/aromatic N) is 3. The van der Waals surface area contributed by atoms with Crippen LogP contribution in [0.3, 0.4) is 0 Å². The van der Waals surface area contributed by atoms with Gasteiger partial charge >= 0.3 is 0 Å². The number of amides is 1. The normalized spacial score (nSPS) is 24.2. The van der Waals surface area contributed by atoms with E-state index in [0.29, 0.717) is 26.2 Å². The van der Waals surface area contributed by atoms with Gasteiger partial charge in [-0.05, 0) is 32.0 Å². The quantitative estimate of drug-likeness (QED) is 0.905. The van der Waals surface area contributed by atoms with Crippen molar-refractivity contribution >= 4 is 5.91 Å². The summed E-state index contributed by atoms with van der Waals surface area (Å²) in [5.74, 6) is 0.225. The lowest BCUT2D eigenvalue weighted by molar-refractivity contribution is -0.140. The summed E-state index contributed by atoms with van der Waals surface area (Å²) in [7, 11) is 0. The lowest BCUT2D eigenvalue weighted by atomic mass is 10.1. The molecule has 0 spiro atoms. The van der Waals surface area contributed by atoms with Crippen LogP contribution in [-0.2, 0) is 9.53 Å². The summed E-state index contributed by atoms with van der Waals surface area (Å²) in [6, 6.07) is 1.90. The minimum atomic E-state index is -0.0184. The molecule has 3 heterocycles. The van der Waals surface area contributed by atoms with Crippen LogP contribution in [0.25, 0.3) is 0 Å². The molecule has 0 aliphatic carbocycles. The minimum absolute atomic E-state index is 0.0184. The van der Waals surface area contributed by atoms with Gasteiger partial charge in [-0.3, -0.25) is 9.89 Å². The molecule has 0 radical (unpaired) electrons. The Kier molecular flexibility index (Phi) is 4.87. The minimum Gasteiger partial charge on any atom is -0.377 e. The monoisotopic (exact) mass is 292 g/mol. The molecule has 2 aliphatic heterocycles. The predicted molar refractivity (Wildman–Crippen MR) is 78.8 cm³/mol. The second-order valence-electron chi connectivity index (χ2n) is 5.84. The van der Waals surface area contributed by atoms with Gasteiger partial charge in [-0.25, -0.2) is 0 Å². The fraction of sp³-hybridized carbons (Fsp3) is 0.733. The molecule has 3 rings (SSSR count). The van der Waals surface area contributed by atoms with Crippen molar-refractivity contribution < 1.29 is 9.53 Å². The van der Waals surface area contributed by atoms with Crippen molar-refractivity contribution in [2.45, 2.75) is 31.7 Å². The highest BCUT2D eigenvalue weighted by Crippen LogP contribution is 2.23. The summed E-state index contributed by atoms with van der Waals surface area (Å²) in [6.45, 7) is 5.01. The van der Waals surface area contributed by atoms with Crippen molar-refractivity contribution in [1.29, 1.82) is 0 Å². The van der Waals surface area contributed by atoms with Crippen LogP contribution in [-0.4, -0.2) is 65.3 Å². The highest BCUT2D eigenvalue weighted by molar-refractivity contribution is 5.77. The SMILES string of the molecule is O=C(CCN1CCCCC1)N1CCOCC1c1ccn[nH]1.